The Morgan fingerprint density at radius 2 is 1.73 bits per heavy atom. The maximum absolute atomic E-state index is 13.1. The third-order valence-electron chi connectivity index (χ3n) is 6.60. The normalized spacial score (nSPS) is 17.3. The van der Waals surface area contributed by atoms with Gasteiger partial charge in [-0.3, -0.25) is 4.79 Å². The van der Waals surface area contributed by atoms with E-state index in [1.807, 2.05) is 0 Å². The van der Waals surface area contributed by atoms with E-state index in [4.69, 9.17) is 9.97 Å². The van der Waals surface area contributed by atoms with Crippen molar-refractivity contribution >= 4 is 22.8 Å². The molecule has 5 nitrogen and oxygen atoms in total. The Balaban J connectivity index is 1.26. The van der Waals surface area contributed by atoms with Crippen molar-refractivity contribution in [2.24, 2.45) is 5.92 Å². The quantitative estimate of drug-likeness (QED) is 0.651. The fourth-order valence-corrected chi connectivity index (χ4v) is 4.79. The van der Waals surface area contributed by atoms with Crippen molar-refractivity contribution < 1.29 is 4.79 Å². The van der Waals surface area contributed by atoms with Gasteiger partial charge in [0, 0.05) is 37.5 Å². The number of hydrogen-bond acceptors (Lipinski definition) is 4. The fraction of sp³-hybridized carbons (Fsp3) is 0.400. The van der Waals surface area contributed by atoms with Gasteiger partial charge in [-0.25, -0.2) is 9.97 Å². The van der Waals surface area contributed by atoms with Gasteiger partial charge in [-0.2, -0.15) is 0 Å². The van der Waals surface area contributed by atoms with Crippen LogP contribution in [0.15, 0.2) is 42.5 Å². The van der Waals surface area contributed by atoms with Crippen LogP contribution < -0.4 is 4.90 Å². The highest BCUT2D eigenvalue weighted by molar-refractivity contribution is 5.83. The molecular weight excluding hydrogens is 372 g/mol. The van der Waals surface area contributed by atoms with Crippen LogP contribution in [0.1, 0.15) is 35.2 Å². The molecule has 0 radical (unpaired) electrons. The number of carbonyl (C=O) groups is 1. The second kappa shape index (κ2) is 7.71. The van der Waals surface area contributed by atoms with Gasteiger partial charge in [-0.15, -0.1) is 0 Å². The molecular formula is C25H28N4O. The van der Waals surface area contributed by atoms with Crippen LogP contribution in [-0.2, 0) is 17.8 Å². The summed E-state index contributed by atoms with van der Waals surface area (Å²) in [6.07, 6.45) is 2.70. The minimum Gasteiger partial charge on any atom is -0.341 e. The number of amides is 1. The first-order chi connectivity index (χ1) is 14.6. The monoisotopic (exact) mass is 400 g/mol. The summed E-state index contributed by atoms with van der Waals surface area (Å²) in [4.78, 5) is 27.0. The lowest BCUT2D eigenvalue weighted by Crippen LogP contribution is -2.44. The molecule has 0 N–H and O–H groups in total. The van der Waals surface area contributed by atoms with Crippen LogP contribution in [0.3, 0.4) is 0 Å². The molecule has 1 aromatic heterocycles. The molecule has 1 amide bonds. The molecule has 30 heavy (non-hydrogen) atoms. The molecule has 0 spiro atoms. The van der Waals surface area contributed by atoms with E-state index in [9.17, 15) is 4.79 Å². The highest BCUT2D eigenvalue weighted by Crippen LogP contribution is 2.27. The average Bonchev–Trinajstić information content (AvgIpc) is 2.79. The summed E-state index contributed by atoms with van der Waals surface area (Å²) in [5.74, 6) is 1.22. The maximum atomic E-state index is 13.1. The topological polar surface area (TPSA) is 49.3 Å². The van der Waals surface area contributed by atoms with Crippen molar-refractivity contribution in [2.45, 2.75) is 39.7 Å². The van der Waals surface area contributed by atoms with Crippen molar-refractivity contribution in [1.29, 1.82) is 0 Å². The molecule has 2 aliphatic rings. The Morgan fingerprint density at radius 3 is 2.53 bits per heavy atom. The van der Waals surface area contributed by atoms with Crippen LogP contribution in [0.2, 0.25) is 0 Å². The van der Waals surface area contributed by atoms with Crippen LogP contribution in [0.4, 0.5) is 5.95 Å². The molecule has 1 fully saturated rings. The Morgan fingerprint density at radius 1 is 0.967 bits per heavy atom. The van der Waals surface area contributed by atoms with Crippen molar-refractivity contribution in [3.8, 4) is 0 Å². The van der Waals surface area contributed by atoms with Crippen LogP contribution in [0.25, 0.3) is 10.9 Å². The van der Waals surface area contributed by atoms with Gasteiger partial charge in [0.25, 0.3) is 0 Å². The number of nitrogens with zero attached hydrogens (tertiary/aromatic N) is 4. The zero-order valence-electron chi connectivity index (χ0n) is 17.8. The second-order valence-electron chi connectivity index (χ2n) is 8.67. The lowest BCUT2D eigenvalue weighted by atomic mass is 9.93. The number of fused-ring (bicyclic) bond motifs is 2. The SMILES string of the molecule is Cc1ccc2nc(N3CCC(C(=O)N4CCc5ccccc5C4)CC3)nc(C)c2c1. The second-order valence-corrected chi connectivity index (χ2v) is 8.67. The van der Waals surface area contributed by atoms with Gasteiger partial charge >= 0.3 is 0 Å². The molecule has 2 aliphatic heterocycles. The first kappa shape index (κ1) is 19.0. The number of hydrogen-bond donors (Lipinski definition) is 0. The number of rotatable bonds is 2. The average molecular weight is 401 g/mol. The molecule has 0 aliphatic carbocycles. The van der Waals surface area contributed by atoms with E-state index in [-0.39, 0.29) is 5.92 Å². The molecule has 3 aromatic rings. The summed E-state index contributed by atoms with van der Waals surface area (Å²) in [7, 11) is 0. The van der Waals surface area contributed by atoms with E-state index in [2.05, 4.69) is 66.1 Å². The van der Waals surface area contributed by atoms with Gasteiger partial charge < -0.3 is 9.80 Å². The van der Waals surface area contributed by atoms with Crippen LogP contribution in [0.5, 0.6) is 0 Å². The Kier molecular flexibility index (Phi) is 4.89. The van der Waals surface area contributed by atoms with Gasteiger partial charge in [0.2, 0.25) is 11.9 Å². The van der Waals surface area contributed by atoms with Crippen LogP contribution in [0, 0.1) is 19.8 Å². The van der Waals surface area contributed by atoms with Crippen LogP contribution in [-0.4, -0.2) is 40.4 Å². The summed E-state index contributed by atoms with van der Waals surface area (Å²) in [6, 6.07) is 14.8. The van der Waals surface area contributed by atoms with E-state index in [1.54, 1.807) is 0 Å². The molecule has 5 heteroatoms. The minimum absolute atomic E-state index is 0.107. The van der Waals surface area contributed by atoms with Gasteiger partial charge in [-0.1, -0.05) is 35.9 Å². The summed E-state index contributed by atoms with van der Waals surface area (Å²) in [5, 5.41) is 1.12. The van der Waals surface area contributed by atoms with Gasteiger partial charge in [-0.05, 0) is 56.4 Å². The Hall–Kier alpha value is -2.95. The highest BCUT2D eigenvalue weighted by atomic mass is 16.2. The zero-order chi connectivity index (χ0) is 20.7. The lowest BCUT2D eigenvalue weighted by Gasteiger charge is -2.36. The van der Waals surface area contributed by atoms with E-state index in [0.29, 0.717) is 5.91 Å². The molecule has 1 saturated heterocycles. The Labute approximate surface area is 177 Å². The molecule has 0 atom stereocenters. The smallest absolute Gasteiger partial charge is 0.226 e. The number of benzene rings is 2. The van der Waals surface area contributed by atoms with Gasteiger partial charge in [0.15, 0.2) is 0 Å². The van der Waals surface area contributed by atoms with E-state index >= 15 is 0 Å². The van der Waals surface area contributed by atoms with Crippen LogP contribution >= 0.6 is 0 Å². The number of aryl methyl sites for hydroxylation is 2. The van der Waals surface area contributed by atoms with E-state index in [0.717, 1.165) is 68.0 Å². The number of carbonyl (C=O) groups excluding carboxylic acids is 1. The minimum atomic E-state index is 0.107. The van der Waals surface area contributed by atoms with E-state index < -0.39 is 0 Å². The standard InChI is InChI=1S/C25H28N4O/c1-17-7-8-23-22(15-17)18(2)26-25(27-23)28-12-10-20(11-13-28)24(30)29-14-9-19-5-3-4-6-21(19)16-29/h3-8,15,20H,9-14,16H2,1-2H3. The van der Waals surface area contributed by atoms with Crippen molar-refractivity contribution in [3.05, 3.63) is 64.8 Å². The molecule has 3 heterocycles. The van der Waals surface area contributed by atoms with E-state index in [1.165, 1.54) is 16.7 Å². The molecule has 2 aromatic carbocycles. The van der Waals surface area contributed by atoms with Gasteiger partial charge in [0.1, 0.15) is 0 Å². The summed E-state index contributed by atoms with van der Waals surface area (Å²) in [6.45, 7) is 7.40. The van der Waals surface area contributed by atoms with Crippen molar-refractivity contribution in [1.82, 2.24) is 14.9 Å². The predicted octanol–water partition coefficient (Wildman–Crippen LogP) is 4.05. The molecule has 5 rings (SSSR count). The first-order valence-electron chi connectivity index (χ1n) is 10.9. The van der Waals surface area contributed by atoms with Gasteiger partial charge in [0.05, 0.1) is 11.2 Å². The number of aromatic nitrogens is 2. The highest BCUT2D eigenvalue weighted by Gasteiger charge is 2.31. The summed E-state index contributed by atoms with van der Waals surface area (Å²) >= 11 is 0. The summed E-state index contributed by atoms with van der Waals surface area (Å²) < 4.78 is 0. The molecule has 0 bridgehead atoms. The molecule has 154 valence electrons. The van der Waals surface area contributed by atoms with Crippen molar-refractivity contribution in [3.63, 3.8) is 0 Å². The first-order valence-corrected chi connectivity index (χ1v) is 10.9. The zero-order valence-corrected chi connectivity index (χ0v) is 17.8. The fourth-order valence-electron chi connectivity index (χ4n) is 4.79. The molecule has 0 unspecified atom stereocenters. The van der Waals surface area contributed by atoms with Crippen molar-refractivity contribution in [2.75, 3.05) is 24.5 Å². The predicted molar refractivity (Wildman–Crippen MR) is 120 cm³/mol. The summed E-state index contributed by atoms with van der Waals surface area (Å²) in [5.41, 5.74) is 5.92. The molecule has 0 saturated carbocycles. The Bertz CT molecular complexity index is 1100. The number of piperidine rings is 1. The largest absolute Gasteiger partial charge is 0.341 e. The maximum Gasteiger partial charge on any atom is 0.226 e. The third kappa shape index (κ3) is 3.53. The number of anilines is 1. The third-order valence-corrected chi connectivity index (χ3v) is 6.60. The lowest BCUT2D eigenvalue weighted by molar-refractivity contribution is -0.137.